The quantitative estimate of drug-likeness (QED) is 0.267. The maximum absolute atomic E-state index is 14.6. The lowest BCUT2D eigenvalue weighted by Crippen LogP contribution is -2.35. The molecule has 0 N–H and O–H groups in total. The number of carbonyl (C=O) groups is 1. The second-order valence-electron chi connectivity index (χ2n) is 8.46. The molecule has 0 spiro atoms. The van der Waals surface area contributed by atoms with Crippen LogP contribution < -0.4 is 15.7 Å². The lowest BCUT2D eigenvalue weighted by atomic mass is 10.00. The second kappa shape index (κ2) is 9.80. The number of para-hydroxylation sites is 1. The van der Waals surface area contributed by atoms with Crippen LogP contribution in [0.1, 0.15) is 16.8 Å². The third kappa shape index (κ3) is 4.48. The van der Waals surface area contributed by atoms with Crippen LogP contribution in [0, 0.1) is 0 Å². The summed E-state index contributed by atoms with van der Waals surface area (Å²) < 4.78 is 14.6. The Morgan fingerprint density at radius 1 is 0.735 bits per heavy atom. The molecule has 1 aliphatic rings. The van der Waals surface area contributed by atoms with Crippen molar-refractivity contribution in [1.82, 2.24) is 0 Å². The molecule has 5 rings (SSSR count). The minimum atomic E-state index is -2.98. The Hall–Kier alpha value is -3.46. The number of benzene rings is 4. The predicted molar refractivity (Wildman–Crippen MR) is 138 cm³/mol. The normalized spacial score (nSPS) is 18.1. The minimum Gasteiger partial charge on any atom is -0.314 e. The van der Waals surface area contributed by atoms with Gasteiger partial charge in [-0.25, -0.2) is 5.06 Å². The highest BCUT2D eigenvalue weighted by atomic mass is 31.2. The zero-order chi connectivity index (χ0) is 23.4. The molecule has 0 aliphatic carbocycles. The third-order valence-corrected chi connectivity index (χ3v) is 9.40. The van der Waals surface area contributed by atoms with E-state index in [4.69, 9.17) is 4.84 Å². The van der Waals surface area contributed by atoms with Gasteiger partial charge in [0.1, 0.15) is 13.2 Å². The van der Waals surface area contributed by atoms with Gasteiger partial charge in [-0.2, -0.15) is 0 Å². The van der Waals surface area contributed by atoms with Crippen molar-refractivity contribution >= 4 is 29.2 Å². The summed E-state index contributed by atoms with van der Waals surface area (Å²) in [6.07, 6.45) is 0.416. The molecular formula is C29H26NO3P. The van der Waals surface area contributed by atoms with Crippen molar-refractivity contribution in [2.75, 3.05) is 11.2 Å². The summed E-state index contributed by atoms with van der Waals surface area (Å²) in [6.45, 7) is 0. The van der Waals surface area contributed by atoms with Crippen molar-refractivity contribution in [3.05, 3.63) is 127 Å². The van der Waals surface area contributed by atoms with Crippen LogP contribution in [0.4, 0.5) is 5.69 Å². The monoisotopic (exact) mass is 467 g/mol. The van der Waals surface area contributed by atoms with Gasteiger partial charge in [0.2, 0.25) is 0 Å². The number of nitrogens with zero attached hydrogens (tertiary/aromatic N) is 1. The number of rotatable bonds is 7. The smallest absolute Gasteiger partial charge is 0.187 e. The zero-order valence-electron chi connectivity index (χ0n) is 18.7. The van der Waals surface area contributed by atoms with Gasteiger partial charge < -0.3 is 4.57 Å². The van der Waals surface area contributed by atoms with Crippen molar-refractivity contribution in [2.24, 2.45) is 0 Å². The molecule has 1 aliphatic heterocycles. The van der Waals surface area contributed by atoms with Crippen LogP contribution in [0.25, 0.3) is 0 Å². The number of anilines is 1. The molecule has 0 aromatic heterocycles. The number of carbonyl (C=O) groups excluding carboxylic acids is 1. The van der Waals surface area contributed by atoms with Crippen LogP contribution in [-0.2, 0) is 9.40 Å². The Morgan fingerprint density at radius 2 is 1.21 bits per heavy atom. The Kier molecular flexibility index (Phi) is 6.44. The average Bonchev–Trinajstić information content (AvgIpc) is 3.33. The number of Topliss-reactive ketones (excluding diaryl/α,β-unsaturated/α-hetero) is 1. The van der Waals surface area contributed by atoms with E-state index in [1.165, 1.54) is 0 Å². The highest BCUT2D eigenvalue weighted by Gasteiger charge is 2.42. The molecule has 1 saturated heterocycles. The highest BCUT2D eigenvalue weighted by Crippen LogP contribution is 2.46. The summed E-state index contributed by atoms with van der Waals surface area (Å²) in [5, 5.41) is 3.31. The van der Waals surface area contributed by atoms with Gasteiger partial charge in [-0.1, -0.05) is 109 Å². The fraction of sp³-hybridized carbons (Fsp3) is 0.138. The first kappa shape index (κ1) is 22.3. The fourth-order valence-corrected chi connectivity index (χ4v) is 7.35. The van der Waals surface area contributed by atoms with E-state index in [9.17, 15) is 9.36 Å². The van der Waals surface area contributed by atoms with Crippen molar-refractivity contribution in [2.45, 2.75) is 18.6 Å². The molecule has 0 unspecified atom stereocenters. The van der Waals surface area contributed by atoms with Crippen LogP contribution in [0.3, 0.4) is 0 Å². The molecule has 1 heterocycles. The summed E-state index contributed by atoms with van der Waals surface area (Å²) in [7, 11) is -2.98. The van der Waals surface area contributed by atoms with Crippen molar-refractivity contribution in [3.8, 4) is 0 Å². The van der Waals surface area contributed by atoms with Crippen molar-refractivity contribution in [1.29, 1.82) is 0 Å². The van der Waals surface area contributed by atoms with Gasteiger partial charge in [0.05, 0.1) is 11.8 Å². The van der Waals surface area contributed by atoms with Crippen molar-refractivity contribution < 1.29 is 14.2 Å². The van der Waals surface area contributed by atoms with Gasteiger partial charge in [0, 0.05) is 28.8 Å². The summed E-state index contributed by atoms with van der Waals surface area (Å²) >= 11 is 0. The summed E-state index contributed by atoms with van der Waals surface area (Å²) in [5.41, 5.74) is 1.46. The van der Waals surface area contributed by atoms with E-state index in [0.717, 1.165) is 16.3 Å². The van der Waals surface area contributed by atoms with Gasteiger partial charge in [-0.3, -0.25) is 9.63 Å². The minimum absolute atomic E-state index is 0.00112. The molecule has 4 aromatic rings. The van der Waals surface area contributed by atoms with E-state index in [-0.39, 0.29) is 11.9 Å². The highest BCUT2D eigenvalue weighted by molar-refractivity contribution is 7.78. The van der Waals surface area contributed by atoms with Crippen LogP contribution in [0.5, 0.6) is 0 Å². The molecule has 0 amide bonds. The lowest BCUT2D eigenvalue weighted by Gasteiger charge is -2.25. The number of hydrogen-bond acceptors (Lipinski definition) is 4. The van der Waals surface area contributed by atoms with Crippen LogP contribution in [-0.4, -0.2) is 24.1 Å². The number of hydroxylamine groups is 1. The average molecular weight is 468 g/mol. The van der Waals surface area contributed by atoms with Crippen molar-refractivity contribution in [3.63, 3.8) is 0 Å². The number of ketones is 1. The van der Waals surface area contributed by atoms with E-state index in [0.29, 0.717) is 18.1 Å². The summed E-state index contributed by atoms with van der Waals surface area (Å²) in [5.74, 6) is 0.00112. The Morgan fingerprint density at radius 3 is 1.74 bits per heavy atom. The number of hydrogen-bond donors (Lipinski definition) is 0. The molecule has 34 heavy (non-hydrogen) atoms. The predicted octanol–water partition coefficient (Wildman–Crippen LogP) is 5.46. The summed E-state index contributed by atoms with van der Waals surface area (Å²) in [6, 6.07) is 37.7. The Bertz CT molecular complexity index is 1240. The second-order valence-corrected chi connectivity index (χ2v) is 11.3. The maximum Gasteiger partial charge on any atom is 0.187 e. The largest absolute Gasteiger partial charge is 0.314 e. The Balaban J connectivity index is 1.49. The van der Waals surface area contributed by atoms with Crippen LogP contribution in [0.2, 0.25) is 0 Å². The fourth-order valence-electron chi connectivity index (χ4n) is 4.54. The van der Waals surface area contributed by atoms with Crippen LogP contribution >= 0.6 is 7.14 Å². The summed E-state index contributed by atoms with van der Waals surface area (Å²) in [4.78, 5) is 19.9. The molecule has 5 heteroatoms. The molecule has 4 aromatic carbocycles. The molecule has 0 radical (unpaired) electrons. The van der Waals surface area contributed by atoms with Gasteiger partial charge in [-0.05, 0) is 12.1 Å². The van der Waals surface area contributed by atoms with E-state index in [1.807, 2.05) is 121 Å². The van der Waals surface area contributed by atoms with Crippen LogP contribution in [0.15, 0.2) is 121 Å². The van der Waals surface area contributed by atoms with Gasteiger partial charge >= 0.3 is 0 Å². The van der Waals surface area contributed by atoms with E-state index in [1.54, 1.807) is 5.06 Å². The van der Waals surface area contributed by atoms with E-state index < -0.39 is 13.2 Å². The third-order valence-electron chi connectivity index (χ3n) is 6.21. The molecule has 1 fully saturated rings. The Labute approximate surface area is 200 Å². The van der Waals surface area contributed by atoms with Gasteiger partial charge in [-0.15, -0.1) is 0 Å². The first-order valence-corrected chi connectivity index (χ1v) is 13.3. The lowest BCUT2D eigenvalue weighted by molar-refractivity contribution is 0.0845. The van der Waals surface area contributed by atoms with Gasteiger partial charge in [0.25, 0.3) is 0 Å². The molecular weight excluding hydrogens is 441 g/mol. The SMILES string of the molecule is O=C(c1ccccc1)[C@@H]1C[C@@H](CP(=O)(c2ccccc2)c2ccccc2)ON1c1ccccc1. The topological polar surface area (TPSA) is 46.6 Å². The molecule has 2 atom stereocenters. The standard InChI is InChI=1S/C29H26NO3P/c31-29(23-13-5-1-6-14-23)28-21-25(33-30(28)24-15-7-2-8-16-24)22-34(32,26-17-9-3-10-18-26)27-19-11-4-12-20-27/h1-20,25,28H,21-22H2/t25-,28-/m0/s1. The van der Waals surface area contributed by atoms with E-state index >= 15 is 0 Å². The molecule has 4 nitrogen and oxygen atoms in total. The molecule has 0 bridgehead atoms. The molecule has 0 saturated carbocycles. The first-order valence-electron chi connectivity index (χ1n) is 11.5. The zero-order valence-corrected chi connectivity index (χ0v) is 19.6. The first-order chi connectivity index (χ1) is 16.6. The van der Waals surface area contributed by atoms with E-state index in [2.05, 4.69) is 0 Å². The molecule has 170 valence electrons. The maximum atomic E-state index is 14.6. The van der Waals surface area contributed by atoms with Gasteiger partial charge in [0.15, 0.2) is 5.78 Å².